The number of para-hydroxylation sites is 1. The summed E-state index contributed by atoms with van der Waals surface area (Å²) in [6.07, 6.45) is 0.768. The normalized spacial score (nSPS) is 12.5. The maximum Gasteiger partial charge on any atom is 0.275 e. The number of nitrogens with zero attached hydrogens (tertiary/aromatic N) is 1. The number of aryl methyl sites for hydroxylation is 1. The van der Waals surface area contributed by atoms with Crippen LogP contribution in [0.5, 0.6) is 0 Å². The van der Waals surface area contributed by atoms with Crippen LogP contribution >= 0.6 is 0 Å². The predicted molar refractivity (Wildman–Crippen MR) is 59.9 cm³/mol. The molecule has 2 N–H and O–H groups in total. The number of rotatable bonds is 4. The molecular formula is C11H16N2O2. The number of hydrogen-bond acceptors (Lipinski definition) is 3. The molecule has 1 aromatic rings. The van der Waals surface area contributed by atoms with Crippen LogP contribution in [-0.4, -0.2) is 11.5 Å². The topological polar surface area (TPSA) is 69.2 Å². The molecule has 1 aromatic carbocycles. The molecule has 0 radical (unpaired) electrons. The van der Waals surface area contributed by atoms with Crippen molar-refractivity contribution in [3.8, 4) is 0 Å². The second-order valence-corrected chi connectivity index (χ2v) is 3.75. The Morgan fingerprint density at radius 1 is 1.53 bits per heavy atom. The smallest absolute Gasteiger partial charge is 0.275 e. The first-order valence-corrected chi connectivity index (χ1v) is 5.02. The van der Waals surface area contributed by atoms with Gasteiger partial charge in [0.2, 0.25) is 0 Å². The van der Waals surface area contributed by atoms with E-state index in [0.29, 0.717) is 12.1 Å². The Balaban J connectivity index is 3.16. The standard InChI is InChI=1S/C11H16N2O2/c1-8(6-7-12)10-5-3-4-9(2)11(10)13(14)15/h3-5,8H,6-7,12H2,1-2H3. The van der Waals surface area contributed by atoms with E-state index >= 15 is 0 Å². The lowest BCUT2D eigenvalue weighted by molar-refractivity contribution is -0.386. The Bertz CT molecular complexity index is 364. The second kappa shape index (κ2) is 4.89. The van der Waals surface area contributed by atoms with Crippen molar-refractivity contribution in [3.63, 3.8) is 0 Å². The minimum atomic E-state index is -0.308. The van der Waals surface area contributed by atoms with Gasteiger partial charge in [0.1, 0.15) is 0 Å². The highest BCUT2D eigenvalue weighted by molar-refractivity contribution is 5.48. The van der Waals surface area contributed by atoms with Crippen molar-refractivity contribution in [3.05, 3.63) is 39.4 Å². The van der Waals surface area contributed by atoms with Gasteiger partial charge < -0.3 is 5.73 Å². The van der Waals surface area contributed by atoms with Crippen LogP contribution < -0.4 is 5.73 Å². The van der Waals surface area contributed by atoms with Gasteiger partial charge in [0.15, 0.2) is 0 Å². The summed E-state index contributed by atoms with van der Waals surface area (Å²) in [5.74, 6) is 0.135. The van der Waals surface area contributed by atoms with Crippen LogP contribution in [0.3, 0.4) is 0 Å². The van der Waals surface area contributed by atoms with Gasteiger partial charge in [0.05, 0.1) is 4.92 Å². The fourth-order valence-corrected chi connectivity index (χ4v) is 1.73. The van der Waals surface area contributed by atoms with E-state index < -0.39 is 0 Å². The molecule has 1 rings (SSSR count). The number of benzene rings is 1. The van der Waals surface area contributed by atoms with Crippen LogP contribution in [0.15, 0.2) is 18.2 Å². The third kappa shape index (κ3) is 2.53. The van der Waals surface area contributed by atoms with Crippen LogP contribution in [0.25, 0.3) is 0 Å². The Hall–Kier alpha value is -1.42. The van der Waals surface area contributed by atoms with Crippen molar-refractivity contribution in [2.75, 3.05) is 6.54 Å². The molecule has 0 bridgehead atoms. The molecule has 0 aliphatic heterocycles. The Morgan fingerprint density at radius 3 is 2.73 bits per heavy atom. The summed E-state index contributed by atoms with van der Waals surface area (Å²) < 4.78 is 0. The van der Waals surface area contributed by atoms with E-state index in [-0.39, 0.29) is 16.5 Å². The fraction of sp³-hybridized carbons (Fsp3) is 0.455. The van der Waals surface area contributed by atoms with Crippen LogP contribution in [-0.2, 0) is 0 Å². The molecule has 0 heterocycles. The van der Waals surface area contributed by atoms with Crippen molar-refractivity contribution < 1.29 is 4.92 Å². The quantitative estimate of drug-likeness (QED) is 0.610. The maximum absolute atomic E-state index is 10.9. The van der Waals surface area contributed by atoms with Gasteiger partial charge in [0.25, 0.3) is 5.69 Å². The van der Waals surface area contributed by atoms with Gasteiger partial charge in [-0.3, -0.25) is 10.1 Å². The first kappa shape index (κ1) is 11.7. The number of nitrogens with two attached hydrogens (primary N) is 1. The lowest BCUT2D eigenvalue weighted by atomic mass is 9.94. The average molecular weight is 208 g/mol. The molecule has 82 valence electrons. The van der Waals surface area contributed by atoms with E-state index in [1.165, 1.54) is 0 Å². The number of nitro groups is 1. The van der Waals surface area contributed by atoms with Gasteiger partial charge in [-0.05, 0) is 25.8 Å². The molecule has 4 heteroatoms. The first-order valence-electron chi connectivity index (χ1n) is 5.02. The lowest BCUT2D eigenvalue weighted by Crippen LogP contribution is -2.07. The van der Waals surface area contributed by atoms with Crippen molar-refractivity contribution in [1.29, 1.82) is 0 Å². The molecule has 0 fully saturated rings. The Labute approximate surface area is 89.2 Å². The Kier molecular flexibility index (Phi) is 3.80. The Morgan fingerprint density at radius 2 is 2.20 bits per heavy atom. The van der Waals surface area contributed by atoms with E-state index in [1.807, 2.05) is 19.1 Å². The van der Waals surface area contributed by atoms with Gasteiger partial charge in [-0.2, -0.15) is 0 Å². The molecule has 0 aliphatic rings. The molecular weight excluding hydrogens is 192 g/mol. The molecule has 0 saturated heterocycles. The highest BCUT2D eigenvalue weighted by Gasteiger charge is 2.20. The summed E-state index contributed by atoms with van der Waals surface area (Å²) in [7, 11) is 0. The monoisotopic (exact) mass is 208 g/mol. The van der Waals surface area contributed by atoms with E-state index in [4.69, 9.17) is 5.73 Å². The summed E-state index contributed by atoms with van der Waals surface area (Å²) in [6.45, 7) is 4.28. The zero-order valence-electron chi connectivity index (χ0n) is 9.06. The maximum atomic E-state index is 10.9. The first-order chi connectivity index (χ1) is 7.07. The van der Waals surface area contributed by atoms with Crippen LogP contribution in [0.2, 0.25) is 0 Å². The summed E-state index contributed by atoms with van der Waals surface area (Å²) in [5.41, 5.74) is 7.19. The number of hydrogen-bond donors (Lipinski definition) is 1. The van der Waals surface area contributed by atoms with Gasteiger partial charge in [-0.15, -0.1) is 0 Å². The summed E-state index contributed by atoms with van der Waals surface area (Å²) >= 11 is 0. The molecule has 0 amide bonds. The van der Waals surface area contributed by atoms with Gasteiger partial charge in [0, 0.05) is 11.1 Å². The average Bonchev–Trinajstić information content (AvgIpc) is 2.17. The van der Waals surface area contributed by atoms with Crippen LogP contribution in [0.4, 0.5) is 5.69 Å². The molecule has 0 spiro atoms. The van der Waals surface area contributed by atoms with Crippen molar-refractivity contribution in [1.82, 2.24) is 0 Å². The second-order valence-electron chi connectivity index (χ2n) is 3.75. The van der Waals surface area contributed by atoms with E-state index in [0.717, 1.165) is 12.0 Å². The fourth-order valence-electron chi connectivity index (χ4n) is 1.73. The van der Waals surface area contributed by atoms with Gasteiger partial charge >= 0.3 is 0 Å². The summed E-state index contributed by atoms with van der Waals surface area (Å²) in [4.78, 5) is 10.6. The predicted octanol–water partition coefficient (Wildman–Crippen LogP) is 2.36. The largest absolute Gasteiger partial charge is 0.330 e. The van der Waals surface area contributed by atoms with E-state index in [9.17, 15) is 10.1 Å². The minimum absolute atomic E-state index is 0.135. The van der Waals surface area contributed by atoms with Crippen LogP contribution in [0, 0.1) is 17.0 Å². The molecule has 1 unspecified atom stereocenters. The van der Waals surface area contributed by atoms with Gasteiger partial charge in [-0.1, -0.05) is 25.1 Å². The van der Waals surface area contributed by atoms with E-state index in [2.05, 4.69) is 0 Å². The zero-order chi connectivity index (χ0) is 11.4. The highest BCUT2D eigenvalue weighted by atomic mass is 16.6. The highest BCUT2D eigenvalue weighted by Crippen LogP contribution is 2.30. The van der Waals surface area contributed by atoms with Crippen molar-refractivity contribution in [2.24, 2.45) is 5.73 Å². The molecule has 1 atom stereocenters. The minimum Gasteiger partial charge on any atom is -0.330 e. The van der Waals surface area contributed by atoms with Crippen molar-refractivity contribution >= 4 is 5.69 Å². The third-order valence-electron chi connectivity index (χ3n) is 2.58. The molecule has 4 nitrogen and oxygen atoms in total. The van der Waals surface area contributed by atoms with E-state index in [1.54, 1.807) is 13.0 Å². The lowest BCUT2D eigenvalue weighted by Gasteiger charge is -2.11. The molecule has 0 aliphatic carbocycles. The molecule has 15 heavy (non-hydrogen) atoms. The molecule has 0 saturated carbocycles. The SMILES string of the molecule is Cc1cccc(C(C)CCN)c1[N+](=O)[O-]. The van der Waals surface area contributed by atoms with Crippen LogP contribution in [0.1, 0.15) is 30.4 Å². The van der Waals surface area contributed by atoms with Crippen molar-refractivity contribution in [2.45, 2.75) is 26.2 Å². The molecule has 0 aromatic heterocycles. The zero-order valence-corrected chi connectivity index (χ0v) is 9.06. The van der Waals surface area contributed by atoms with Gasteiger partial charge in [-0.25, -0.2) is 0 Å². The summed E-state index contributed by atoms with van der Waals surface area (Å²) in [5, 5.41) is 10.9. The third-order valence-corrected chi connectivity index (χ3v) is 2.58. The summed E-state index contributed by atoms with van der Waals surface area (Å²) in [6, 6.07) is 5.42. The number of nitro benzene ring substituents is 1.